The van der Waals surface area contributed by atoms with E-state index in [1.807, 2.05) is 6.92 Å². The molecule has 0 aromatic heterocycles. The lowest BCUT2D eigenvalue weighted by molar-refractivity contribution is -0.227. The molecule has 4 atom stereocenters. The fourth-order valence-electron chi connectivity index (χ4n) is 1.85. The zero-order chi connectivity index (χ0) is 9.14. The van der Waals surface area contributed by atoms with Gasteiger partial charge in [-0.3, -0.25) is 0 Å². The molecule has 1 aliphatic heterocycles. The Hall–Kier alpha value is -0.120. The van der Waals surface area contributed by atoms with Gasteiger partial charge in [0, 0.05) is 20.6 Å². The fraction of sp³-hybridized carbons (Fsp3) is 1.00. The maximum absolute atomic E-state index is 5.56. The van der Waals surface area contributed by atoms with Crippen molar-refractivity contribution in [2.75, 3.05) is 14.2 Å². The van der Waals surface area contributed by atoms with Gasteiger partial charge in [0.05, 0.1) is 12.2 Å². The highest BCUT2D eigenvalue weighted by atomic mass is 16.7. The van der Waals surface area contributed by atoms with Gasteiger partial charge in [0.1, 0.15) is 0 Å². The van der Waals surface area contributed by atoms with Crippen LogP contribution >= 0.6 is 0 Å². The maximum Gasteiger partial charge on any atom is 0.158 e. The summed E-state index contributed by atoms with van der Waals surface area (Å²) in [6, 6.07) is 0. The fourth-order valence-corrected chi connectivity index (χ4v) is 1.85. The van der Waals surface area contributed by atoms with Crippen LogP contribution in [0.15, 0.2) is 0 Å². The highest BCUT2D eigenvalue weighted by Gasteiger charge is 2.33. The standard InChI is InChI=1S/C9H18O3/c1-6-5-8(10-3)12-7(2)9(6)11-4/h6-9H,5H2,1-4H3/t6-,7-,8?,9+/m0/s1. The predicted molar refractivity (Wildman–Crippen MR) is 45.9 cm³/mol. The molecule has 1 heterocycles. The summed E-state index contributed by atoms with van der Waals surface area (Å²) in [7, 11) is 3.41. The first-order valence-corrected chi connectivity index (χ1v) is 4.40. The Morgan fingerprint density at radius 1 is 1.17 bits per heavy atom. The van der Waals surface area contributed by atoms with Crippen LogP contribution in [0.1, 0.15) is 20.3 Å². The van der Waals surface area contributed by atoms with Crippen LogP contribution in [-0.2, 0) is 14.2 Å². The van der Waals surface area contributed by atoms with Crippen molar-refractivity contribution in [1.82, 2.24) is 0 Å². The summed E-state index contributed by atoms with van der Waals surface area (Å²) in [5.74, 6) is 0.503. The second-order valence-electron chi connectivity index (χ2n) is 3.42. The van der Waals surface area contributed by atoms with Crippen LogP contribution in [-0.4, -0.2) is 32.7 Å². The Labute approximate surface area is 74.0 Å². The smallest absolute Gasteiger partial charge is 0.158 e. The van der Waals surface area contributed by atoms with E-state index in [1.165, 1.54) is 0 Å². The molecular weight excluding hydrogens is 156 g/mol. The van der Waals surface area contributed by atoms with Gasteiger partial charge in [-0.15, -0.1) is 0 Å². The molecule has 0 bridgehead atoms. The summed E-state index contributed by atoms with van der Waals surface area (Å²) in [5, 5.41) is 0. The van der Waals surface area contributed by atoms with Crippen LogP contribution in [0.3, 0.4) is 0 Å². The lowest BCUT2D eigenvalue weighted by Crippen LogP contribution is -2.44. The molecule has 0 N–H and O–H groups in total. The average Bonchev–Trinajstić information content (AvgIpc) is 2.03. The number of rotatable bonds is 2. The van der Waals surface area contributed by atoms with E-state index in [0.717, 1.165) is 6.42 Å². The molecule has 1 fully saturated rings. The Morgan fingerprint density at radius 3 is 2.25 bits per heavy atom. The van der Waals surface area contributed by atoms with Gasteiger partial charge < -0.3 is 14.2 Å². The van der Waals surface area contributed by atoms with E-state index < -0.39 is 0 Å². The monoisotopic (exact) mass is 174 g/mol. The van der Waals surface area contributed by atoms with Gasteiger partial charge in [-0.05, 0) is 12.8 Å². The zero-order valence-corrected chi connectivity index (χ0v) is 8.24. The molecule has 0 amide bonds. The second-order valence-corrected chi connectivity index (χ2v) is 3.42. The SMILES string of the molecule is COC1C[C@H](C)[C@@H](OC)[C@H](C)O1. The van der Waals surface area contributed by atoms with Crippen molar-refractivity contribution in [2.24, 2.45) is 5.92 Å². The molecule has 0 saturated carbocycles. The van der Waals surface area contributed by atoms with Crippen LogP contribution in [0, 0.1) is 5.92 Å². The molecule has 0 spiro atoms. The van der Waals surface area contributed by atoms with Crippen molar-refractivity contribution in [1.29, 1.82) is 0 Å². The maximum atomic E-state index is 5.56. The van der Waals surface area contributed by atoms with Crippen molar-refractivity contribution in [3.63, 3.8) is 0 Å². The van der Waals surface area contributed by atoms with Crippen LogP contribution in [0.2, 0.25) is 0 Å². The van der Waals surface area contributed by atoms with Gasteiger partial charge in [-0.1, -0.05) is 6.92 Å². The molecule has 12 heavy (non-hydrogen) atoms. The number of hydrogen-bond acceptors (Lipinski definition) is 3. The van der Waals surface area contributed by atoms with Gasteiger partial charge in [0.2, 0.25) is 0 Å². The van der Waals surface area contributed by atoms with Gasteiger partial charge in [0.15, 0.2) is 6.29 Å². The minimum Gasteiger partial charge on any atom is -0.378 e. The predicted octanol–water partition coefficient (Wildman–Crippen LogP) is 1.42. The largest absolute Gasteiger partial charge is 0.378 e. The first-order chi connectivity index (χ1) is 5.69. The van der Waals surface area contributed by atoms with Crippen LogP contribution in [0.25, 0.3) is 0 Å². The molecule has 1 rings (SSSR count). The molecular formula is C9H18O3. The van der Waals surface area contributed by atoms with Gasteiger partial charge in [-0.25, -0.2) is 0 Å². The lowest BCUT2D eigenvalue weighted by Gasteiger charge is -2.37. The van der Waals surface area contributed by atoms with Gasteiger partial charge in [0.25, 0.3) is 0 Å². The van der Waals surface area contributed by atoms with Crippen molar-refractivity contribution in [3.05, 3.63) is 0 Å². The highest BCUT2D eigenvalue weighted by Crippen LogP contribution is 2.26. The number of hydrogen-bond donors (Lipinski definition) is 0. The van der Waals surface area contributed by atoms with Crippen LogP contribution in [0.5, 0.6) is 0 Å². The Morgan fingerprint density at radius 2 is 1.83 bits per heavy atom. The molecule has 0 radical (unpaired) electrons. The van der Waals surface area contributed by atoms with E-state index in [1.54, 1.807) is 14.2 Å². The lowest BCUT2D eigenvalue weighted by atomic mass is 9.94. The topological polar surface area (TPSA) is 27.7 Å². The van der Waals surface area contributed by atoms with Crippen molar-refractivity contribution >= 4 is 0 Å². The van der Waals surface area contributed by atoms with E-state index in [-0.39, 0.29) is 18.5 Å². The number of methoxy groups -OCH3 is 2. The molecule has 72 valence electrons. The third-order valence-corrected chi connectivity index (χ3v) is 2.49. The molecule has 0 aromatic carbocycles. The second kappa shape index (κ2) is 4.21. The molecule has 3 nitrogen and oxygen atoms in total. The van der Waals surface area contributed by atoms with E-state index >= 15 is 0 Å². The molecule has 3 heteroatoms. The normalized spacial score (nSPS) is 43.0. The summed E-state index contributed by atoms with van der Waals surface area (Å²) >= 11 is 0. The van der Waals surface area contributed by atoms with E-state index in [9.17, 15) is 0 Å². The molecule has 0 aromatic rings. The Kier molecular flexibility index (Phi) is 3.50. The quantitative estimate of drug-likeness (QED) is 0.633. The Bertz CT molecular complexity index is 126. The van der Waals surface area contributed by atoms with E-state index in [4.69, 9.17) is 14.2 Å². The average molecular weight is 174 g/mol. The van der Waals surface area contributed by atoms with Crippen LogP contribution < -0.4 is 0 Å². The third kappa shape index (κ3) is 1.97. The highest BCUT2D eigenvalue weighted by molar-refractivity contribution is 4.78. The van der Waals surface area contributed by atoms with E-state index in [0.29, 0.717) is 5.92 Å². The van der Waals surface area contributed by atoms with Crippen molar-refractivity contribution in [2.45, 2.75) is 38.8 Å². The van der Waals surface area contributed by atoms with Crippen molar-refractivity contribution in [3.8, 4) is 0 Å². The molecule has 1 saturated heterocycles. The number of ether oxygens (including phenoxy) is 3. The third-order valence-electron chi connectivity index (χ3n) is 2.49. The molecule has 1 aliphatic rings. The van der Waals surface area contributed by atoms with Gasteiger partial charge >= 0.3 is 0 Å². The minimum atomic E-state index is -0.0543. The van der Waals surface area contributed by atoms with Gasteiger partial charge in [-0.2, -0.15) is 0 Å². The Balaban J connectivity index is 2.51. The van der Waals surface area contributed by atoms with Crippen LogP contribution in [0.4, 0.5) is 0 Å². The summed E-state index contributed by atoms with van der Waals surface area (Å²) in [4.78, 5) is 0. The summed E-state index contributed by atoms with van der Waals surface area (Å²) in [5.41, 5.74) is 0. The molecule has 0 aliphatic carbocycles. The first-order valence-electron chi connectivity index (χ1n) is 4.40. The minimum absolute atomic E-state index is 0.0543. The summed E-state index contributed by atoms with van der Waals surface area (Å²) in [6.45, 7) is 4.19. The molecule has 1 unspecified atom stereocenters. The first kappa shape index (κ1) is 9.96. The van der Waals surface area contributed by atoms with Crippen molar-refractivity contribution < 1.29 is 14.2 Å². The van der Waals surface area contributed by atoms with E-state index in [2.05, 4.69) is 6.92 Å². The zero-order valence-electron chi connectivity index (χ0n) is 8.24. The summed E-state index contributed by atoms with van der Waals surface area (Å²) < 4.78 is 16.0. The summed E-state index contributed by atoms with van der Waals surface area (Å²) in [6.07, 6.45) is 1.20.